The Hall–Kier alpha value is -0.830. The monoisotopic (exact) mass is 210 g/mol. The zero-order chi connectivity index (χ0) is 11.3. The molecule has 0 aromatic carbocycles. The maximum absolute atomic E-state index is 11.1. The Morgan fingerprint density at radius 2 is 2.00 bits per heavy atom. The van der Waals surface area contributed by atoms with Crippen molar-refractivity contribution in [3.05, 3.63) is 12.7 Å². The molecule has 3 nitrogen and oxygen atoms in total. The summed E-state index contributed by atoms with van der Waals surface area (Å²) >= 11 is 0. The molecule has 0 spiro atoms. The van der Waals surface area contributed by atoms with Gasteiger partial charge in [-0.25, -0.2) is 0 Å². The molecule has 1 fully saturated rings. The van der Waals surface area contributed by atoms with E-state index in [1.165, 1.54) is 25.3 Å². The van der Waals surface area contributed by atoms with Gasteiger partial charge in [-0.15, -0.1) is 0 Å². The molecule has 0 atom stereocenters. The van der Waals surface area contributed by atoms with Gasteiger partial charge in [0.1, 0.15) is 0 Å². The smallest absolute Gasteiger partial charge is 0.243 e. The summed E-state index contributed by atoms with van der Waals surface area (Å²) in [5.41, 5.74) is 0.0547. The van der Waals surface area contributed by atoms with Gasteiger partial charge in [0.2, 0.25) is 5.91 Å². The maximum atomic E-state index is 11.1. The molecule has 15 heavy (non-hydrogen) atoms. The van der Waals surface area contributed by atoms with Crippen LogP contribution in [-0.4, -0.2) is 36.0 Å². The second-order valence-electron chi connectivity index (χ2n) is 4.78. The number of hydrogen-bond acceptors (Lipinski definition) is 2. The normalized spacial score (nSPS) is 18.5. The van der Waals surface area contributed by atoms with E-state index in [9.17, 15) is 4.79 Å². The van der Waals surface area contributed by atoms with E-state index in [0.29, 0.717) is 6.54 Å². The van der Waals surface area contributed by atoms with Gasteiger partial charge in [0, 0.05) is 12.1 Å². The van der Waals surface area contributed by atoms with Gasteiger partial charge in [-0.1, -0.05) is 13.0 Å². The lowest BCUT2D eigenvalue weighted by atomic mass is 9.98. The van der Waals surface area contributed by atoms with Crippen LogP contribution in [0.15, 0.2) is 12.7 Å². The molecule has 1 N–H and O–H groups in total. The summed E-state index contributed by atoms with van der Waals surface area (Å²) in [4.78, 5) is 13.6. The van der Waals surface area contributed by atoms with Crippen LogP contribution in [0.4, 0.5) is 0 Å². The summed E-state index contributed by atoms with van der Waals surface area (Å²) in [5, 5.41) is 2.87. The topological polar surface area (TPSA) is 32.3 Å². The van der Waals surface area contributed by atoms with Gasteiger partial charge in [-0.05, 0) is 45.9 Å². The van der Waals surface area contributed by atoms with E-state index >= 15 is 0 Å². The molecular formula is C12H22N2O. The van der Waals surface area contributed by atoms with Crippen molar-refractivity contribution in [2.75, 3.05) is 19.6 Å². The molecule has 3 heteroatoms. The molecule has 0 aliphatic carbocycles. The highest BCUT2D eigenvalue weighted by Crippen LogP contribution is 2.19. The van der Waals surface area contributed by atoms with Crippen molar-refractivity contribution in [2.45, 2.75) is 38.6 Å². The molecule has 0 saturated carbocycles. The van der Waals surface area contributed by atoms with Crippen LogP contribution in [0.5, 0.6) is 0 Å². The highest BCUT2D eigenvalue weighted by Gasteiger charge is 2.27. The molecule has 86 valence electrons. The average molecular weight is 210 g/mol. The first kappa shape index (κ1) is 12.2. The van der Waals surface area contributed by atoms with Crippen LogP contribution in [0.3, 0.4) is 0 Å². The lowest BCUT2D eigenvalue weighted by Crippen LogP contribution is -2.53. The van der Waals surface area contributed by atoms with Crippen molar-refractivity contribution in [3.8, 4) is 0 Å². The SMILES string of the molecule is C=CC(=O)NCC(C)(C)N1CCCCC1. The van der Waals surface area contributed by atoms with E-state index in [-0.39, 0.29) is 11.4 Å². The second kappa shape index (κ2) is 5.31. The van der Waals surface area contributed by atoms with E-state index in [1.54, 1.807) is 0 Å². The molecule has 1 saturated heterocycles. The summed E-state index contributed by atoms with van der Waals surface area (Å²) in [5.74, 6) is -0.0833. The fraction of sp³-hybridized carbons (Fsp3) is 0.750. The first-order valence-corrected chi connectivity index (χ1v) is 5.71. The van der Waals surface area contributed by atoms with Crippen LogP contribution in [0.25, 0.3) is 0 Å². The number of amides is 1. The van der Waals surface area contributed by atoms with Crippen molar-refractivity contribution in [2.24, 2.45) is 0 Å². The Bertz CT molecular complexity index is 230. The van der Waals surface area contributed by atoms with E-state index in [1.807, 2.05) is 0 Å². The number of carbonyl (C=O) groups is 1. The van der Waals surface area contributed by atoms with Gasteiger partial charge >= 0.3 is 0 Å². The van der Waals surface area contributed by atoms with Crippen LogP contribution in [0.2, 0.25) is 0 Å². The number of carbonyl (C=O) groups excluding carboxylic acids is 1. The molecule has 1 aliphatic heterocycles. The van der Waals surface area contributed by atoms with Gasteiger partial charge in [0.25, 0.3) is 0 Å². The van der Waals surface area contributed by atoms with E-state index in [0.717, 1.165) is 13.1 Å². The molecule has 0 aromatic rings. The summed E-state index contributed by atoms with van der Waals surface area (Å²) in [6, 6.07) is 0. The Labute approximate surface area is 92.5 Å². The highest BCUT2D eigenvalue weighted by molar-refractivity contribution is 5.86. The molecule has 0 bridgehead atoms. The standard InChI is InChI=1S/C12H22N2O/c1-4-11(15)13-10-12(2,3)14-8-6-5-7-9-14/h4H,1,5-10H2,2-3H3,(H,13,15). The summed E-state index contributed by atoms with van der Waals surface area (Å²) in [6.45, 7) is 10.8. The molecule has 0 unspecified atom stereocenters. The maximum Gasteiger partial charge on any atom is 0.243 e. The van der Waals surface area contributed by atoms with E-state index in [2.05, 4.69) is 30.6 Å². The fourth-order valence-corrected chi connectivity index (χ4v) is 1.99. The van der Waals surface area contributed by atoms with Gasteiger partial charge < -0.3 is 5.32 Å². The van der Waals surface area contributed by atoms with Gasteiger partial charge in [-0.3, -0.25) is 9.69 Å². The predicted octanol–water partition coefficient (Wildman–Crippen LogP) is 1.55. The third-order valence-electron chi connectivity index (χ3n) is 3.09. The predicted molar refractivity (Wildman–Crippen MR) is 62.7 cm³/mol. The van der Waals surface area contributed by atoms with Crippen molar-refractivity contribution >= 4 is 5.91 Å². The quantitative estimate of drug-likeness (QED) is 0.714. The van der Waals surface area contributed by atoms with Gasteiger partial charge in [0.15, 0.2) is 0 Å². The lowest BCUT2D eigenvalue weighted by Gasteiger charge is -2.41. The number of rotatable bonds is 4. The second-order valence-corrected chi connectivity index (χ2v) is 4.78. The molecule has 1 rings (SSSR count). The van der Waals surface area contributed by atoms with Crippen LogP contribution >= 0.6 is 0 Å². The third-order valence-corrected chi connectivity index (χ3v) is 3.09. The van der Waals surface area contributed by atoms with Crippen LogP contribution in [0, 0.1) is 0 Å². The zero-order valence-corrected chi connectivity index (χ0v) is 9.88. The Kier molecular flexibility index (Phi) is 4.33. The van der Waals surface area contributed by atoms with E-state index < -0.39 is 0 Å². The van der Waals surface area contributed by atoms with Crippen molar-refractivity contribution < 1.29 is 4.79 Å². The molecule has 1 heterocycles. The van der Waals surface area contributed by atoms with E-state index in [4.69, 9.17) is 0 Å². The minimum Gasteiger partial charge on any atom is -0.351 e. The number of likely N-dealkylation sites (tertiary alicyclic amines) is 1. The third kappa shape index (κ3) is 3.67. The van der Waals surface area contributed by atoms with Crippen LogP contribution in [-0.2, 0) is 4.79 Å². The van der Waals surface area contributed by atoms with Crippen LogP contribution in [0.1, 0.15) is 33.1 Å². The number of hydrogen-bond donors (Lipinski definition) is 1. The van der Waals surface area contributed by atoms with Gasteiger partial charge in [0.05, 0.1) is 0 Å². The highest BCUT2D eigenvalue weighted by atomic mass is 16.1. The summed E-state index contributed by atoms with van der Waals surface area (Å²) < 4.78 is 0. The fourth-order valence-electron chi connectivity index (χ4n) is 1.99. The largest absolute Gasteiger partial charge is 0.351 e. The molecule has 1 amide bonds. The number of piperidine rings is 1. The molecule has 0 aromatic heterocycles. The Morgan fingerprint density at radius 1 is 1.40 bits per heavy atom. The zero-order valence-electron chi connectivity index (χ0n) is 9.88. The minimum atomic E-state index is -0.0833. The van der Waals surface area contributed by atoms with Crippen molar-refractivity contribution in [1.82, 2.24) is 10.2 Å². The van der Waals surface area contributed by atoms with Crippen molar-refractivity contribution in [1.29, 1.82) is 0 Å². The minimum absolute atomic E-state index is 0.0547. The van der Waals surface area contributed by atoms with Crippen molar-refractivity contribution in [3.63, 3.8) is 0 Å². The summed E-state index contributed by atoms with van der Waals surface area (Å²) in [7, 11) is 0. The summed E-state index contributed by atoms with van der Waals surface area (Å²) in [6.07, 6.45) is 5.22. The number of nitrogens with zero attached hydrogens (tertiary/aromatic N) is 1. The first-order chi connectivity index (χ1) is 7.06. The first-order valence-electron chi connectivity index (χ1n) is 5.71. The number of nitrogens with one attached hydrogen (secondary N) is 1. The lowest BCUT2D eigenvalue weighted by molar-refractivity contribution is -0.117. The average Bonchev–Trinajstić information content (AvgIpc) is 2.27. The Morgan fingerprint density at radius 3 is 2.53 bits per heavy atom. The molecule has 1 aliphatic rings. The van der Waals surface area contributed by atoms with Gasteiger partial charge in [-0.2, -0.15) is 0 Å². The Balaban J connectivity index is 2.41. The molecular weight excluding hydrogens is 188 g/mol. The van der Waals surface area contributed by atoms with Crippen LogP contribution < -0.4 is 5.32 Å². The molecule has 0 radical (unpaired) electrons.